The minimum Gasteiger partial charge on any atom is -0.486 e. The van der Waals surface area contributed by atoms with Crippen LogP contribution < -0.4 is 20.1 Å². The van der Waals surface area contributed by atoms with Crippen LogP contribution >= 0.6 is 0 Å². The maximum atomic E-state index is 12.8. The van der Waals surface area contributed by atoms with Gasteiger partial charge in [-0.15, -0.1) is 0 Å². The molecule has 0 saturated carbocycles. The summed E-state index contributed by atoms with van der Waals surface area (Å²) in [6.45, 7) is 2.80. The van der Waals surface area contributed by atoms with Gasteiger partial charge >= 0.3 is 0 Å². The van der Waals surface area contributed by atoms with Gasteiger partial charge in [0.1, 0.15) is 37.0 Å². The Kier molecular flexibility index (Phi) is 5.12. The maximum absolute atomic E-state index is 12.8. The van der Waals surface area contributed by atoms with Crippen LogP contribution in [0, 0.1) is 6.92 Å². The van der Waals surface area contributed by atoms with E-state index < -0.39 is 0 Å². The van der Waals surface area contributed by atoms with Crippen LogP contribution in [0.5, 0.6) is 11.5 Å². The number of anilines is 3. The minimum atomic E-state index is -0.260. The van der Waals surface area contributed by atoms with Gasteiger partial charge in [-0.3, -0.25) is 9.36 Å². The SMILES string of the molecule is Cc1nccn1-c1cc(Nc2ccc(NC(=O)c3cccc4c3OCCO4)cc2)ncn1. The average molecular weight is 428 g/mol. The second-order valence-electron chi connectivity index (χ2n) is 7.09. The number of hydrogen-bond acceptors (Lipinski definition) is 7. The number of fused-ring (bicyclic) bond motifs is 1. The van der Waals surface area contributed by atoms with E-state index >= 15 is 0 Å². The summed E-state index contributed by atoms with van der Waals surface area (Å²) in [7, 11) is 0. The Balaban J connectivity index is 1.28. The molecule has 1 amide bonds. The van der Waals surface area contributed by atoms with Crippen molar-refractivity contribution in [1.29, 1.82) is 0 Å². The summed E-state index contributed by atoms with van der Waals surface area (Å²) in [6.07, 6.45) is 5.07. The third-order valence-electron chi connectivity index (χ3n) is 4.95. The van der Waals surface area contributed by atoms with Crippen LogP contribution in [0.15, 0.2) is 67.3 Å². The molecule has 2 aromatic carbocycles. The largest absolute Gasteiger partial charge is 0.486 e. The predicted octanol–water partition coefficient (Wildman–Crippen LogP) is 3.74. The van der Waals surface area contributed by atoms with E-state index in [1.165, 1.54) is 6.33 Å². The number of amides is 1. The van der Waals surface area contributed by atoms with Crippen molar-refractivity contribution in [2.24, 2.45) is 0 Å². The lowest BCUT2D eigenvalue weighted by Crippen LogP contribution is -2.20. The Hall–Kier alpha value is -4.40. The maximum Gasteiger partial charge on any atom is 0.259 e. The Morgan fingerprint density at radius 3 is 2.62 bits per heavy atom. The zero-order valence-electron chi connectivity index (χ0n) is 17.3. The molecule has 1 aliphatic rings. The Bertz CT molecular complexity index is 1270. The molecule has 5 rings (SSSR count). The molecule has 0 fully saturated rings. The number of nitrogens with zero attached hydrogens (tertiary/aromatic N) is 4. The highest BCUT2D eigenvalue weighted by molar-refractivity contribution is 6.06. The lowest BCUT2D eigenvalue weighted by molar-refractivity contribution is 0.101. The van der Waals surface area contributed by atoms with Crippen molar-refractivity contribution in [2.45, 2.75) is 6.92 Å². The zero-order valence-corrected chi connectivity index (χ0v) is 17.3. The summed E-state index contributed by atoms with van der Waals surface area (Å²) >= 11 is 0. The van der Waals surface area contributed by atoms with Crippen molar-refractivity contribution in [3.05, 3.63) is 78.6 Å². The summed E-state index contributed by atoms with van der Waals surface area (Å²) in [5.41, 5.74) is 1.92. The van der Waals surface area contributed by atoms with Crippen LogP contribution in [-0.2, 0) is 0 Å². The molecule has 0 spiro atoms. The Labute approximate surface area is 184 Å². The van der Waals surface area contributed by atoms with Gasteiger partial charge in [0.2, 0.25) is 0 Å². The number of benzene rings is 2. The van der Waals surface area contributed by atoms with E-state index in [-0.39, 0.29) is 5.91 Å². The highest BCUT2D eigenvalue weighted by Gasteiger charge is 2.20. The first-order valence-corrected chi connectivity index (χ1v) is 10.1. The number of para-hydroxylation sites is 1. The molecule has 0 bridgehead atoms. The molecule has 0 saturated heterocycles. The molecule has 3 heterocycles. The molecule has 2 N–H and O–H groups in total. The van der Waals surface area contributed by atoms with Gasteiger partial charge in [0.15, 0.2) is 11.5 Å². The molecular weight excluding hydrogens is 408 g/mol. The first-order valence-electron chi connectivity index (χ1n) is 10.1. The van der Waals surface area contributed by atoms with Crippen LogP contribution in [0.3, 0.4) is 0 Å². The second-order valence-corrected chi connectivity index (χ2v) is 7.09. The van der Waals surface area contributed by atoms with Crippen molar-refractivity contribution in [1.82, 2.24) is 19.5 Å². The van der Waals surface area contributed by atoms with E-state index in [1.54, 1.807) is 24.4 Å². The molecule has 0 unspecified atom stereocenters. The fraction of sp³-hybridized carbons (Fsp3) is 0.130. The average Bonchev–Trinajstić information content (AvgIpc) is 3.26. The fourth-order valence-electron chi connectivity index (χ4n) is 3.40. The van der Waals surface area contributed by atoms with Gasteiger partial charge in [-0.2, -0.15) is 0 Å². The normalized spacial score (nSPS) is 12.3. The number of hydrogen-bond donors (Lipinski definition) is 2. The molecule has 4 aromatic rings. The second kappa shape index (κ2) is 8.38. The lowest BCUT2D eigenvalue weighted by atomic mass is 10.1. The van der Waals surface area contributed by atoms with Crippen molar-refractivity contribution in [2.75, 3.05) is 23.8 Å². The third kappa shape index (κ3) is 3.95. The van der Waals surface area contributed by atoms with Gasteiger partial charge in [0, 0.05) is 29.8 Å². The molecule has 1 aliphatic heterocycles. The van der Waals surface area contributed by atoms with Crippen LogP contribution in [0.2, 0.25) is 0 Å². The monoisotopic (exact) mass is 428 g/mol. The smallest absolute Gasteiger partial charge is 0.259 e. The predicted molar refractivity (Wildman–Crippen MR) is 119 cm³/mol. The topological polar surface area (TPSA) is 103 Å². The number of carbonyl (C=O) groups excluding carboxylic acids is 1. The number of aryl methyl sites for hydroxylation is 1. The van der Waals surface area contributed by atoms with Gasteiger partial charge in [-0.25, -0.2) is 15.0 Å². The fourth-order valence-corrected chi connectivity index (χ4v) is 3.40. The molecule has 9 heteroatoms. The summed E-state index contributed by atoms with van der Waals surface area (Å²) in [5.74, 6) is 3.00. The summed E-state index contributed by atoms with van der Waals surface area (Å²) in [5, 5.41) is 6.14. The molecule has 0 radical (unpaired) electrons. The molecule has 0 aliphatic carbocycles. The standard InChI is InChI=1S/C23H20N6O3/c1-15-24-9-10-29(15)21-13-20(25-14-26-21)27-16-5-7-17(8-6-16)28-23(30)18-3-2-4-19-22(18)32-12-11-31-19/h2-10,13-14H,11-12H2,1H3,(H,28,30)(H,25,26,27). The Morgan fingerprint density at radius 1 is 1.00 bits per heavy atom. The van der Waals surface area contributed by atoms with Gasteiger partial charge in [-0.05, 0) is 43.3 Å². The van der Waals surface area contributed by atoms with Crippen molar-refractivity contribution in [3.8, 4) is 17.3 Å². The number of rotatable bonds is 5. The van der Waals surface area contributed by atoms with Gasteiger partial charge in [-0.1, -0.05) is 6.07 Å². The highest BCUT2D eigenvalue weighted by atomic mass is 16.6. The van der Waals surface area contributed by atoms with E-state index in [0.717, 1.165) is 17.3 Å². The summed E-state index contributed by atoms with van der Waals surface area (Å²) < 4.78 is 13.1. The molecule has 160 valence electrons. The number of aromatic nitrogens is 4. The number of nitrogens with one attached hydrogen (secondary N) is 2. The number of ether oxygens (including phenoxy) is 2. The molecular formula is C23H20N6O3. The lowest BCUT2D eigenvalue weighted by Gasteiger charge is -2.20. The summed E-state index contributed by atoms with van der Waals surface area (Å²) in [4.78, 5) is 25.5. The summed E-state index contributed by atoms with van der Waals surface area (Å²) in [6, 6.07) is 14.5. The first kappa shape index (κ1) is 19.6. The number of imidazole rings is 1. The number of carbonyl (C=O) groups is 1. The van der Waals surface area contributed by atoms with Crippen molar-refractivity contribution >= 4 is 23.1 Å². The van der Waals surface area contributed by atoms with Crippen LogP contribution in [-0.4, -0.2) is 38.6 Å². The van der Waals surface area contributed by atoms with E-state index in [0.29, 0.717) is 41.8 Å². The van der Waals surface area contributed by atoms with Crippen LogP contribution in [0.25, 0.3) is 5.82 Å². The molecule has 2 aromatic heterocycles. The first-order chi connectivity index (χ1) is 15.7. The van der Waals surface area contributed by atoms with E-state index in [2.05, 4.69) is 25.6 Å². The van der Waals surface area contributed by atoms with E-state index in [9.17, 15) is 4.79 Å². The van der Waals surface area contributed by atoms with Crippen molar-refractivity contribution < 1.29 is 14.3 Å². The van der Waals surface area contributed by atoms with Crippen LogP contribution in [0.1, 0.15) is 16.2 Å². The van der Waals surface area contributed by atoms with Crippen LogP contribution in [0.4, 0.5) is 17.2 Å². The van der Waals surface area contributed by atoms with Crippen molar-refractivity contribution in [3.63, 3.8) is 0 Å². The third-order valence-corrected chi connectivity index (χ3v) is 4.95. The molecule has 0 atom stereocenters. The van der Waals surface area contributed by atoms with Gasteiger partial charge in [0.05, 0.1) is 5.56 Å². The van der Waals surface area contributed by atoms with Gasteiger partial charge in [0.25, 0.3) is 5.91 Å². The van der Waals surface area contributed by atoms with E-state index in [1.807, 2.05) is 48.0 Å². The molecule has 9 nitrogen and oxygen atoms in total. The molecule has 32 heavy (non-hydrogen) atoms. The van der Waals surface area contributed by atoms with E-state index in [4.69, 9.17) is 9.47 Å². The van der Waals surface area contributed by atoms with Gasteiger partial charge < -0.3 is 20.1 Å². The highest BCUT2D eigenvalue weighted by Crippen LogP contribution is 2.34. The minimum absolute atomic E-state index is 0.260. The quantitative estimate of drug-likeness (QED) is 0.499. The Morgan fingerprint density at radius 2 is 1.81 bits per heavy atom. The zero-order chi connectivity index (χ0) is 21.9.